The molecule has 0 bridgehead atoms. The first-order chi connectivity index (χ1) is 10.6. The first-order valence-corrected chi connectivity index (χ1v) is 6.26. The van der Waals surface area contributed by atoms with Crippen molar-refractivity contribution >= 4 is 23.2 Å². The monoisotopic (exact) mass is 298 g/mol. The highest BCUT2D eigenvalue weighted by atomic mass is 19.1. The Labute approximate surface area is 123 Å². The molecule has 0 aliphatic heterocycles. The molecule has 0 saturated heterocycles. The minimum absolute atomic E-state index is 0.0126. The SMILES string of the molecule is N=CN=C(N)c1cc2nc(-c3c(O)cccc3F)[nH]c2cn1. The molecule has 0 saturated carbocycles. The van der Waals surface area contributed by atoms with Gasteiger partial charge in [-0.05, 0) is 18.2 Å². The Kier molecular flexibility index (Phi) is 3.26. The highest BCUT2D eigenvalue weighted by molar-refractivity contribution is 6.01. The Hall–Kier alpha value is -3.29. The van der Waals surface area contributed by atoms with E-state index in [4.69, 9.17) is 11.1 Å². The fraction of sp³-hybridized carbons (Fsp3) is 0. The van der Waals surface area contributed by atoms with Crippen molar-refractivity contribution in [2.45, 2.75) is 0 Å². The first kappa shape index (κ1) is 13.7. The Morgan fingerprint density at radius 3 is 3.00 bits per heavy atom. The molecule has 3 rings (SSSR count). The number of hydrogen-bond donors (Lipinski definition) is 4. The van der Waals surface area contributed by atoms with E-state index in [1.165, 1.54) is 24.4 Å². The average molecular weight is 298 g/mol. The van der Waals surface area contributed by atoms with Crippen molar-refractivity contribution in [2.75, 3.05) is 0 Å². The third kappa shape index (κ3) is 2.26. The van der Waals surface area contributed by atoms with E-state index in [2.05, 4.69) is 19.9 Å². The molecule has 2 aromatic heterocycles. The van der Waals surface area contributed by atoms with Gasteiger partial charge in [0.2, 0.25) is 0 Å². The zero-order valence-electron chi connectivity index (χ0n) is 11.2. The van der Waals surface area contributed by atoms with Gasteiger partial charge in [-0.3, -0.25) is 10.4 Å². The molecular formula is C14H11FN6O. The lowest BCUT2D eigenvalue weighted by molar-refractivity contribution is 0.471. The van der Waals surface area contributed by atoms with Gasteiger partial charge in [0, 0.05) is 0 Å². The summed E-state index contributed by atoms with van der Waals surface area (Å²) in [5.41, 5.74) is 7.05. The largest absolute Gasteiger partial charge is 0.507 e. The van der Waals surface area contributed by atoms with E-state index in [-0.39, 0.29) is 23.0 Å². The van der Waals surface area contributed by atoms with Crippen LogP contribution in [0.4, 0.5) is 4.39 Å². The molecule has 7 nitrogen and oxygen atoms in total. The second-order valence-corrected chi connectivity index (χ2v) is 4.45. The normalized spacial score (nSPS) is 11.8. The highest BCUT2D eigenvalue weighted by Crippen LogP contribution is 2.30. The van der Waals surface area contributed by atoms with Gasteiger partial charge in [-0.15, -0.1) is 0 Å². The lowest BCUT2D eigenvalue weighted by atomic mass is 10.2. The number of amidine groups is 1. The molecule has 8 heteroatoms. The number of nitrogens with one attached hydrogen (secondary N) is 2. The summed E-state index contributed by atoms with van der Waals surface area (Å²) < 4.78 is 13.9. The minimum Gasteiger partial charge on any atom is -0.507 e. The molecule has 0 aliphatic carbocycles. The van der Waals surface area contributed by atoms with Gasteiger partial charge in [-0.1, -0.05) is 6.07 Å². The predicted molar refractivity (Wildman–Crippen MR) is 80.5 cm³/mol. The van der Waals surface area contributed by atoms with Crippen LogP contribution in [0.2, 0.25) is 0 Å². The van der Waals surface area contributed by atoms with Crippen LogP contribution in [-0.4, -0.2) is 32.2 Å². The third-order valence-corrected chi connectivity index (χ3v) is 3.06. The number of phenols is 1. The standard InChI is InChI=1S/C14H11FN6O/c15-7-2-1-3-11(22)12(7)14-20-8-4-9(13(17)19-6-16)18-5-10(8)21-14/h1-6,22H,(H,20,21)(H3,16,17,19). The number of aliphatic imine (C=N–C) groups is 1. The van der Waals surface area contributed by atoms with E-state index in [1.54, 1.807) is 6.07 Å². The number of rotatable bonds is 3. The van der Waals surface area contributed by atoms with Crippen molar-refractivity contribution in [3.8, 4) is 17.1 Å². The number of phenolic OH excluding ortho intramolecular Hbond substituents is 1. The molecule has 0 spiro atoms. The van der Waals surface area contributed by atoms with Crippen molar-refractivity contribution < 1.29 is 9.50 Å². The fourth-order valence-corrected chi connectivity index (χ4v) is 2.05. The van der Waals surface area contributed by atoms with Crippen molar-refractivity contribution in [1.82, 2.24) is 15.0 Å². The molecule has 0 atom stereocenters. The van der Waals surface area contributed by atoms with Crippen LogP contribution in [0.25, 0.3) is 22.4 Å². The van der Waals surface area contributed by atoms with Gasteiger partial charge >= 0.3 is 0 Å². The number of halogens is 1. The summed E-state index contributed by atoms with van der Waals surface area (Å²) in [6, 6.07) is 5.59. The number of aromatic nitrogens is 3. The van der Waals surface area contributed by atoms with Gasteiger partial charge in [0.25, 0.3) is 0 Å². The summed E-state index contributed by atoms with van der Waals surface area (Å²) in [4.78, 5) is 14.9. The van der Waals surface area contributed by atoms with Crippen LogP contribution in [0, 0.1) is 11.2 Å². The van der Waals surface area contributed by atoms with Gasteiger partial charge in [-0.2, -0.15) is 0 Å². The van der Waals surface area contributed by atoms with Crippen LogP contribution in [0.15, 0.2) is 35.5 Å². The van der Waals surface area contributed by atoms with E-state index in [0.29, 0.717) is 16.7 Å². The van der Waals surface area contributed by atoms with E-state index < -0.39 is 5.82 Å². The van der Waals surface area contributed by atoms with E-state index >= 15 is 0 Å². The fourth-order valence-electron chi connectivity index (χ4n) is 2.05. The number of benzene rings is 1. The van der Waals surface area contributed by atoms with Crippen molar-refractivity contribution in [1.29, 1.82) is 5.41 Å². The van der Waals surface area contributed by atoms with E-state index in [9.17, 15) is 9.50 Å². The molecule has 22 heavy (non-hydrogen) atoms. The summed E-state index contributed by atoms with van der Waals surface area (Å²) >= 11 is 0. The molecule has 0 aliphatic rings. The number of hydrogen-bond acceptors (Lipinski definition) is 4. The van der Waals surface area contributed by atoms with Crippen molar-refractivity contribution in [3.63, 3.8) is 0 Å². The summed E-state index contributed by atoms with van der Waals surface area (Å²) in [6.07, 6.45) is 2.29. The Balaban J connectivity index is 2.15. The lowest BCUT2D eigenvalue weighted by Crippen LogP contribution is -2.14. The predicted octanol–water partition coefficient (Wildman–Crippen LogP) is 1.78. The van der Waals surface area contributed by atoms with Gasteiger partial charge in [0.1, 0.15) is 29.4 Å². The smallest absolute Gasteiger partial charge is 0.151 e. The zero-order chi connectivity index (χ0) is 15.7. The van der Waals surface area contributed by atoms with Crippen LogP contribution in [-0.2, 0) is 0 Å². The maximum Gasteiger partial charge on any atom is 0.151 e. The Bertz CT molecular complexity index is 881. The number of pyridine rings is 1. The van der Waals surface area contributed by atoms with Gasteiger partial charge in [0.15, 0.2) is 5.84 Å². The first-order valence-electron chi connectivity index (χ1n) is 6.26. The van der Waals surface area contributed by atoms with Crippen molar-refractivity contribution in [2.24, 2.45) is 10.7 Å². The van der Waals surface area contributed by atoms with E-state index in [0.717, 1.165) is 6.34 Å². The molecule has 0 fully saturated rings. The number of aromatic hydroxyl groups is 1. The number of imidazole rings is 1. The lowest BCUT2D eigenvalue weighted by Gasteiger charge is -2.01. The van der Waals surface area contributed by atoms with Crippen LogP contribution in [0.3, 0.4) is 0 Å². The molecular weight excluding hydrogens is 287 g/mol. The summed E-state index contributed by atoms with van der Waals surface area (Å²) in [6.45, 7) is 0. The zero-order valence-corrected chi connectivity index (χ0v) is 11.2. The van der Waals surface area contributed by atoms with Crippen LogP contribution in [0.5, 0.6) is 5.75 Å². The average Bonchev–Trinajstić information content (AvgIpc) is 2.89. The van der Waals surface area contributed by atoms with Crippen LogP contribution in [0.1, 0.15) is 5.69 Å². The second kappa shape index (κ2) is 5.24. The van der Waals surface area contributed by atoms with Gasteiger partial charge < -0.3 is 15.8 Å². The number of nitrogens with zero attached hydrogens (tertiary/aromatic N) is 3. The van der Waals surface area contributed by atoms with Crippen molar-refractivity contribution in [3.05, 3.63) is 42.0 Å². The molecule has 0 amide bonds. The quantitative estimate of drug-likeness (QED) is 0.434. The van der Waals surface area contributed by atoms with E-state index in [1.807, 2.05) is 0 Å². The molecule has 3 aromatic rings. The van der Waals surface area contributed by atoms with Gasteiger partial charge in [-0.25, -0.2) is 14.4 Å². The number of H-pyrrole nitrogens is 1. The molecule has 5 N–H and O–H groups in total. The van der Waals surface area contributed by atoms with Gasteiger partial charge in [0.05, 0.1) is 22.8 Å². The van der Waals surface area contributed by atoms with Crippen LogP contribution < -0.4 is 5.73 Å². The summed E-state index contributed by atoms with van der Waals surface area (Å²) in [5, 5.41) is 16.7. The molecule has 0 unspecified atom stereocenters. The van der Waals surface area contributed by atoms with Crippen LogP contribution >= 0.6 is 0 Å². The number of fused-ring (bicyclic) bond motifs is 1. The maximum absolute atomic E-state index is 13.9. The summed E-state index contributed by atoms with van der Waals surface area (Å²) in [7, 11) is 0. The number of nitrogens with two attached hydrogens (primary N) is 1. The minimum atomic E-state index is -0.586. The third-order valence-electron chi connectivity index (χ3n) is 3.06. The highest BCUT2D eigenvalue weighted by Gasteiger charge is 2.15. The molecule has 110 valence electrons. The molecule has 1 aromatic carbocycles. The Morgan fingerprint density at radius 1 is 1.45 bits per heavy atom. The topological polar surface area (TPSA) is 124 Å². The molecule has 2 heterocycles. The summed E-state index contributed by atoms with van der Waals surface area (Å²) in [5.74, 6) is -0.531. The number of aromatic amines is 1. The Morgan fingerprint density at radius 2 is 2.27 bits per heavy atom. The second-order valence-electron chi connectivity index (χ2n) is 4.45. The maximum atomic E-state index is 13.9. The molecule has 0 radical (unpaired) electrons.